The number of hydrogen-bond acceptors (Lipinski definition) is 5. The number of aryl methyl sites for hydroxylation is 4. The van der Waals surface area contributed by atoms with Crippen LogP contribution in [0.4, 0.5) is 5.82 Å². The number of anilines is 1. The Morgan fingerprint density at radius 1 is 1.15 bits per heavy atom. The van der Waals surface area contributed by atoms with Gasteiger partial charge in [0.15, 0.2) is 11.5 Å². The van der Waals surface area contributed by atoms with Gasteiger partial charge in [-0.3, -0.25) is 18.8 Å². The molecule has 1 aliphatic carbocycles. The highest BCUT2D eigenvalue weighted by molar-refractivity contribution is 6.12. The van der Waals surface area contributed by atoms with Crippen LogP contribution in [0.15, 0.2) is 18.3 Å². The van der Waals surface area contributed by atoms with Gasteiger partial charge in [0.05, 0.1) is 34.6 Å². The molecule has 0 spiro atoms. The first-order valence-corrected chi connectivity index (χ1v) is 11.6. The lowest BCUT2D eigenvalue weighted by molar-refractivity contribution is 0.102. The molecule has 172 valence electrons. The number of hydrogen-bond donors (Lipinski definition) is 1. The molecular weight excluding hydrogens is 416 g/mol. The molecule has 0 aromatic carbocycles. The highest BCUT2D eigenvalue weighted by Crippen LogP contribution is 2.32. The Morgan fingerprint density at radius 2 is 1.91 bits per heavy atom. The maximum atomic E-state index is 13.4. The third-order valence-electron chi connectivity index (χ3n) is 6.72. The summed E-state index contributed by atoms with van der Waals surface area (Å²) in [7, 11) is 1.84. The highest BCUT2D eigenvalue weighted by Gasteiger charge is 2.23. The number of nitrogens with one attached hydrogen (secondary N) is 1. The van der Waals surface area contributed by atoms with E-state index < -0.39 is 0 Å². The molecule has 5 rings (SSSR count). The van der Waals surface area contributed by atoms with Crippen molar-refractivity contribution in [3.8, 4) is 11.3 Å². The molecule has 1 amide bonds. The fourth-order valence-electron chi connectivity index (χ4n) is 5.06. The standard InChI is InChI=1S/C24H30N8O/c1-6-31-16(4)22(15(3)28-31)20-12-18(19-13-25-30(5)23(19)26-20)24(33)27-21-11-14(2)32(29-21)17-9-7-8-10-17/h11-13,17H,6-10H2,1-5H3,(H,27,29,33). The van der Waals surface area contributed by atoms with Gasteiger partial charge in [0.25, 0.3) is 5.91 Å². The van der Waals surface area contributed by atoms with Crippen LogP contribution >= 0.6 is 0 Å². The van der Waals surface area contributed by atoms with E-state index in [4.69, 9.17) is 10.1 Å². The third kappa shape index (κ3) is 3.61. The summed E-state index contributed by atoms with van der Waals surface area (Å²) in [6.45, 7) is 8.89. The molecule has 4 heterocycles. The smallest absolute Gasteiger partial charge is 0.257 e. The topological polar surface area (TPSA) is 95.5 Å². The summed E-state index contributed by atoms with van der Waals surface area (Å²) in [5.41, 5.74) is 5.85. The van der Waals surface area contributed by atoms with Crippen LogP contribution < -0.4 is 5.32 Å². The molecule has 0 radical (unpaired) electrons. The Morgan fingerprint density at radius 3 is 2.61 bits per heavy atom. The minimum absolute atomic E-state index is 0.217. The van der Waals surface area contributed by atoms with Gasteiger partial charge in [0.1, 0.15) is 0 Å². The van der Waals surface area contributed by atoms with Crippen LogP contribution in [-0.2, 0) is 13.6 Å². The van der Waals surface area contributed by atoms with Crippen molar-refractivity contribution in [3.63, 3.8) is 0 Å². The summed E-state index contributed by atoms with van der Waals surface area (Å²) in [4.78, 5) is 18.3. The number of carbonyl (C=O) groups excluding carboxylic acids is 1. The Labute approximate surface area is 192 Å². The van der Waals surface area contributed by atoms with E-state index in [-0.39, 0.29) is 5.91 Å². The zero-order valence-corrected chi connectivity index (χ0v) is 19.9. The fraction of sp³-hybridized carbons (Fsp3) is 0.458. The first-order valence-electron chi connectivity index (χ1n) is 11.6. The molecule has 0 aliphatic heterocycles. The van der Waals surface area contributed by atoms with Crippen LogP contribution in [0, 0.1) is 20.8 Å². The number of pyridine rings is 1. The zero-order chi connectivity index (χ0) is 23.3. The molecule has 1 aliphatic rings. The average molecular weight is 447 g/mol. The molecule has 4 aromatic heterocycles. The van der Waals surface area contributed by atoms with Gasteiger partial charge in [0.2, 0.25) is 0 Å². The summed E-state index contributed by atoms with van der Waals surface area (Å²) in [5.74, 6) is 0.358. The van der Waals surface area contributed by atoms with Crippen LogP contribution in [-0.4, -0.2) is 40.2 Å². The highest BCUT2D eigenvalue weighted by atomic mass is 16.1. The second-order valence-corrected chi connectivity index (χ2v) is 8.93. The number of carbonyl (C=O) groups is 1. The van der Waals surface area contributed by atoms with Gasteiger partial charge >= 0.3 is 0 Å². The van der Waals surface area contributed by atoms with E-state index in [0.717, 1.165) is 47.7 Å². The van der Waals surface area contributed by atoms with Crippen molar-refractivity contribution >= 4 is 22.8 Å². The summed E-state index contributed by atoms with van der Waals surface area (Å²) in [5, 5.41) is 17.4. The van der Waals surface area contributed by atoms with Crippen LogP contribution in [0.3, 0.4) is 0 Å². The van der Waals surface area contributed by atoms with Gasteiger partial charge in [-0.15, -0.1) is 0 Å². The van der Waals surface area contributed by atoms with E-state index in [2.05, 4.69) is 27.1 Å². The van der Waals surface area contributed by atoms with Crippen LogP contribution in [0.1, 0.15) is 66.1 Å². The Hall–Kier alpha value is -3.49. The molecule has 0 atom stereocenters. The number of fused-ring (bicyclic) bond motifs is 1. The van der Waals surface area contributed by atoms with E-state index >= 15 is 0 Å². The molecule has 0 saturated heterocycles. The van der Waals surface area contributed by atoms with Gasteiger partial charge in [0, 0.05) is 36.6 Å². The van der Waals surface area contributed by atoms with E-state index in [9.17, 15) is 4.79 Å². The molecular formula is C24H30N8O. The van der Waals surface area contributed by atoms with Gasteiger partial charge < -0.3 is 5.32 Å². The maximum absolute atomic E-state index is 13.4. The number of rotatable bonds is 5. The molecule has 1 N–H and O–H groups in total. The Balaban J connectivity index is 1.55. The van der Waals surface area contributed by atoms with Gasteiger partial charge in [-0.2, -0.15) is 15.3 Å². The fourth-order valence-corrected chi connectivity index (χ4v) is 5.06. The van der Waals surface area contributed by atoms with Gasteiger partial charge in [-0.25, -0.2) is 4.98 Å². The van der Waals surface area contributed by atoms with Gasteiger partial charge in [-0.1, -0.05) is 12.8 Å². The molecule has 0 unspecified atom stereocenters. The lowest BCUT2D eigenvalue weighted by Gasteiger charge is -2.11. The number of nitrogens with zero attached hydrogens (tertiary/aromatic N) is 7. The second-order valence-electron chi connectivity index (χ2n) is 8.93. The largest absolute Gasteiger partial charge is 0.305 e. The van der Waals surface area contributed by atoms with Crippen molar-refractivity contribution < 1.29 is 4.79 Å². The second kappa shape index (κ2) is 8.13. The predicted octanol–water partition coefficient (Wildman–Crippen LogP) is 4.34. The summed E-state index contributed by atoms with van der Waals surface area (Å²) in [6.07, 6.45) is 6.45. The minimum Gasteiger partial charge on any atom is -0.305 e. The molecule has 4 aromatic rings. The first kappa shape index (κ1) is 21.4. The molecule has 9 nitrogen and oxygen atoms in total. The van der Waals surface area contributed by atoms with E-state index in [1.54, 1.807) is 10.9 Å². The van der Waals surface area contributed by atoms with E-state index in [1.807, 2.05) is 44.6 Å². The summed E-state index contributed by atoms with van der Waals surface area (Å²) < 4.78 is 5.72. The van der Waals surface area contributed by atoms with Crippen molar-refractivity contribution in [2.45, 2.75) is 66.0 Å². The predicted molar refractivity (Wildman–Crippen MR) is 127 cm³/mol. The van der Waals surface area contributed by atoms with Gasteiger partial charge in [-0.05, 0) is 46.6 Å². The molecule has 1 fully saturated rings. The SMILES string of the molecule is CCn1nc(C)c(-c2cc(C(=O)Nc3cc(C)n(C4CCCC4)n3)c3cnn(C)c3n2)c1C. The maximum Gasteiger partial charge on any atom is 0.257 e. The lowest BCUT2D eigenvalue weighted by atomic mass is 10.0. The normalized spacial score (nSPS) is 14.5. The summed E-state index contributed by atoms with van der Waals surface area (Å²) >= 11 is 0. The first-order chi connectivity index (χ1) is 15.9. The third-order valence-corrected chi connectivity index (χ3v) is 6.72. The van der Waals surface area contributed by atoms with Crippen molar-refractivity contribution in [2.24, 2.45) is 7.05 Å². The van der Waals surface area contributed by atoms with E-state index in [0.29, 0.717) is 28.5 Å². The van der Waals surface area contributed by atoms with Crippen LogP contribution in [0.2, 0.25) is 0 Å². The zero-order valence-electron chi connectivity index (χ0n) is 19.9. The van der Waals surface area contributed by atoms with Crippen molar-refractivity contribution in [3.05, 3.63) is 41.0 Å². The number of aromatic nitrogens is 7. The quantitative estimate of drug-likeness (QED) is 0.492. The molecule has 0 bridgehead atoms. The molecule has 9 heteroatoms. The monoisotopic (exact) mass is 446 g/mol. The van der Waals surface area contributed by atoms with Crippen molar-refractivity contribution in [2.75, 3.05) is 5.32 Å². The van der Waals surface area contributed by atoms with E-state index in [1.165, 1.54) is 12.8 Å². The average Bonchev–Trinajstić information content (AvgIpc) is 3.56. The van der Waals surface area contributed by atoms with Crippen LogP contribution in [0.25, 0.3) is 22.3 Å². The van der Waals surface area contributed by atoms with Crippen molar-refractivity contribution in [1.82, 2.24) is 34.3 Å². The molecule has 33 heavy (non-hydrogen) atoms. The summed E-state index contributed by atoms with van der Waals surface area (Å²) in [6, 6.07) is 4.21. The lowest BCUT2D eigenvalue weighted by Crippen LogP contribution is -2.14. The van der Waals surface area contributed by atoms with Crippen LogP contribution in [0.5, 0.6) is 0 Å². The Kier molecular flexibility index (Phi) is 5.26. The molecule has 1 saturated carbocycles. The van der Waals surface area contributed by atoms with Crippen molar-refractivity contribution in [1.29, 1.82) is 0 Å². The minimum atomic E-state index is -0.217. The number of amides is 1. The Bertz CT molecular complexity index is 1350.